The van der Waals surface area contributed by atoms with Crippen LogP contribution in [0.5, 0.6) is 0 Å². The van der Waals surface area contributed by atoms with Gasteiger partial charge in [0.2, 0.25) is 10.0 Å². The van der Waals surface area contributed by atoms with Gasteiger partial charge in [-0.05, 0) is 37.6 Å². The highest BCUT2D eigenvalue weighted by molar-refractivity contribution is 7.88. The SMILES string of the molecule is Cc1cccc(CS(=O)(=O)NCCNc2ccc(-n3ccc(C)n3)nn2)c1. The van der Waals surface area contributed by atoms with Gasteiger partial charge in [0.25, 0.3) is 0 Å². The Morgan fingerprint density at radius 1 is 1.04 bits per heavy atom. The largest absolute Gasteiger partial charge is 0.367 e. The van der Waals surface area contributed by atoms with E-state index >= 15 is 0 Å². The number of hydrogen-bond donors (Lipinski definition) is 2. The van der Waals surface area contributed by atoms with Crippen LogP contribution in [0.4, 0.5) is 5.82 Å². The summed E-state index contributed by atoms with van der Waals surface area (Å²) in [6, 6.07) is 12.9. The van der Waals surface area contributed by atoms with Gasteiger partial charge < -0.3 is 5.32 Å². The molecule has 2 aromatic heterocycles. The Bertz CT molecular complexity index is 999. The van der Waals surface area contributed by atoms with Crippen LogP contribution in [0.2, 0.25) is 0 Å². The second kappa shape index (κ2) is 8.28. The van der Waals surface area contributed by atoms with Gasteiger partial charge in [0.15, 0.2) is 5.82 Å². The molecule has 2 heterocycles. The molecule has 0 unspecified atom stereocenters. The van der Waals surface area contributed by atoms with E-state index in [1.165, 1.54) is 0 Å². The number of nitrogens with zero attached hydrogens (tertiary/aromatic N) is 4. The normalized spacial score (nSPS) is 11.5. The molecule has 0 aliphatic carbocycles. The van der Waals surface area contributed by atoms with Crippen molar-refractivity contribution in [3.8, 4) is 5.82 Å². The first-order valence-electron chi connectivity index (χ1n) is 8.54. The molecular formula is C18H22N6O2S. The maximum atomic E-state index is 12.1. The predicted molar refractivity (Wildman–Crippen MR) is 104 cm³/mol. The van der Waals surface area contributed by atoms with E-state index in [2.05, 4.69) is 25.3 Å². The Morgan fingerprint density at radius 2 is 1.89 bits per heavy atom. The Hall–Kier alpha value is -2.78. The van der Waals surface area contributed by atoms with Gasteiger partial charge in [-0.2, -0.15) is 5.10 Å². The van der Waals surface area contributed by atoms with Crippen molar-refractivity contribution < 1.29 is 8.42 Å². The summed E-state index contributed by atoms with van der Waals surface area (Å²) >= 11 is 0. The lowest BCUT2D eigenvalue weighted by Crippen LogP contribution is -2.30. The van der Waals surface area contributed by atoms with Gasteiger partial charge in [-0.1, -0.05) is 29.8 Å². The Labute approximate surface area is 158 Å². The highest BCUT2D eigenvalue weighted by Gasteiger charge is 2.11. The molecule has 8 nitrogen and oxygen atoms in total. The van der Waals surface area contributed by atoms with Crippen LogP contribution in [0, 0.1) is 13.8 Å². The number of rotatable bonds is 8. The third-order valence-corrected chi connectivity index (χ3v) is 5.16. The fourth-order valence-electron chi connectivity index (χ4n) is 2.55. The van der Waals surface area contributed by atoms with Crippen molar-refractivity contribution in [3.05, 3.63) is 65.5 Å². The van der Waals surface area contributed by atoms with Crippen molar-refractivity contribution in [2.75, 3.05) is 18.4 Å². The topological polar surface area (TPSA) is 102 Å². The second-order valence-corrected chi connectivity index (χ2v) is 8.05. The summed E-state index contributed by atoms with van der Waals surface area (Å²) in [4.78, 5) is 0. The third kappa shape index (κ3) is 5.60. The number of aromatic nitrogens is 4. The quantitative estimate of drug-likeness (QED) is 0.573. The van der Waals surface area contributed by atoms with Crippen LogP contribution in [-0.2, 0) is 15.8 Å². The minimum atomic E-state index is -3.38. The van der Waals surface area contributed by atoms with E-state index in [1.807, 2.05) is 50.4 Å². The van der Waals surface area contributed by atoms with Crippen LogP contribution in [0.3, 0.4) is 0 Å². The smallest absolute Gasteiger partial charge is 0.215 e. The first-order valence-corrected chi connectivity index (χ1v) is 10.2. The van der Waals surface area contributed by atoms with E-state index in [-0.39, 0.29) is 12.3 Å². The summed E-state index contributed by atoms with van der Waals surface area (Å²) in [5, 5.41) is 15.5. The molecule has 3 rings (SSSR count). The monoisotopic (exact) mass is 386 g/mol. The Kier molecular flexibility index (Phi) is 5.82. The lowest BCUT2D eigenvalue weighted by Gasteiger charge is -2.09. The predicted octanol–water partition coefficient (Wildman–Crippen LogP) is 1.81. The molecule has 0 amide bonds. The number of benzene rings is 1. The van der Waals surface area contributed by atoms with Gasteiger partial charge in [-0.15, -0.1) is 10.2 Å². The fourth-order valence-corrected chi connectivity index (χ4v) is 3.69. The zero-order valence-electron chi connectivity index (χ0n) is 15.3. The highest BCUT2D eigenvalue weighted by atomic mass is 32.2. The molecule has 0 aliphatic rings. The van der Waals surface area contributed by atoms with E-state index in [0.717, 1.165) is 16.8 Å². The van der Waals surface area contributed by atoms with Gasteiger partial charge in [0.05, 0.1) is 11.4 Å². The summed E-state index contributed by atoms with van der Waals surface area (Å²) in [7, 11) is -3.38. The molecule has 0 fully saturated rings. The molecule has 0 saturated heterocycles. The standard InChI is InChI=1S/C18H22N6O2S/c1-14-4-3-5-16(12-14)13-27(25,26)20-10-9-19-17-6-7-18(22-21-17)24-11-8-15(2)23-24/h3-8,11-12,20H,9-10,13H2,1-2H3,(H,19,21). The van der Waals surface area contributed by atoms with Crippen molar-refractivity contribution in [2.45, 2.75) is 19.6 Å². The van der Waals surface area contributed by atoms with E-state index in [1.54, 1.807) is 16.8 Å². The summed E-state index contributed by atoms with van der Waals surface area (Å²) < 4.78 is 28.5. The van der Waals surface area contributed by atoms with Crippen molar-refractivity contribution in [3.63, 3.8) is 0 Å². The van der Waals surface area contributed by atoms with Crippen LogP contribution in [0.15, 0.2) is 48.7 Å². The van der Waals surface area contributed by atoms with E-state index in [0.29, 0.717) is 18.2 Å². The van der Waals surface area contributed by atoms with E-state index < -0.39 is 10.0 Å². The molecule has 0 saturated carbocycles. The van der Waals surface area contributed by atoms with Crippen LogP contribution >= 0.6 is 0 Å². The lowest BCUT2D eigenvalue weighted by molar-refractivity contribution is 0.582. The van der Waals surface area contributed by atoms with Crippen molar-refractivity contribution in [2.24, 2.45) is 0 Å². The van der Waals surface area contributed by atoms with Gasteiger partial charge in [-0.3, -0.25) is 0 Å². The molecule has 3 aromatic rings. The van der Waals surface area contributed by atoms with Gasteiger partial charge in [-0.25, -0.2) is 17.8 Å². The minimum Gasteiger partial charge on any atom is -0.367 e. The fraction of sp³-hybridized carbons (Fsp3) is 0.278. The molecule has 142 valence electrons. The van der Waals surface area contributed by atoms with Crippen molar-refractivity contribution in [1.82, 2.24) is 24.7 Å². The van der Waals surface area contributed by atoms with Gasteiger partial charge >= 0.3 is 0 Å². The molecule has 0 atom stereocenters. The summed E-state index contributed by atoms with van der Waals surface area (Å²) in [6.07, 6.45) is 1.81. The molecular weight excluding hydrogens is 364 g/mol. The number of nitrogens with one attached hydrogen (secondary N) is 2. The minimum absolute atomic E-state index is 0.0352. The van der Waals surface area contributed by atoms with Crippen LogP contribution in [0.25, 0.3) is 5.82 Å². The Morgan fingerprint density at radius 3 is 2.56 bits per heavy atom. The summed E-state index contributed by atoms with van der Waals surface area (Å²) in [5.41, 5.74) is 2.71. The van der Waals surface area contributed by atoms with Crippen LogP contribution in [0.1, 0.15) is 16.8 Å². The molecule has 0 spiro atoms. The molecule has 1 aromatic carbocycles. The molecule has 27 heavy (non-hydrogen) atoms. The maximum absolute atomic E-state index is 12.1. The highest BCUT2D eigenvalue weighted by Crippen LogP contribution is 2.08. The molecule has 2 N–H and O–H groups in total. The van der Waals surface area contributed by atoms with Gasteiger partial charge in [0.1, 0.15) is 5.82 Å². The molecule has 0 radical (unpaired) electrons. The number of sulfonamides is 1. The van der Waals surface area contributed by atoms with Crippen LogP contribution < -0.4 is 10.0 Å². The first-order chi connectivity index (χ1) is 12.9. The second-order valence-electron chi connectivity index (χ2n) is 6.25. The van der Waals surface area contributed by atoms with Crippen molar-refractivity contribution in [1.29, 1.82) is 0 Å². The average Bonchev–Trinajstić information content (AvgIpc) is 3.05. The molecule has 0 bridgehead atoms. The van der Waals surface area contributed by atoms with Crippen LogP contribution in [-0.4, -0.2) is 41.5 Å². The van der Waals surface area contributed by atoms with E-state index in [9.17, 15) is 8.42 Å². The van der Waals surface area contributed by atoms with Crippen molar-refractivity contribution >= 4 is 15.8 Å². The third-order valence-electron chi connectivity index (χ3n) is 3.80. The molecule has 9 heteroatoms. The lowest BCUT2D eigenvalue weighted by atomic mass is 10.2. The zero-order chi connectivity index (χ0) is 19.3. The maximum Gasteiger partial charge on any atom is 0.215 e. The van der Waals surface area contributed by atoms with E-state index in [4.69, 9.17) is 0 Å². The van der Waals surface area contributed by atoms with Gasteiger partial charge in [0, 0.05) is 19.3 Å². The summed E-state index contributed by atoms with van der Waals surface area (Å²) in [5.74, 6) is 1.15. The number of aryl methyl sites for hydroxylation is 2. The average molecular weight is 386 g/mol. The number of hydrogen-bond acceptors (Lipinski definition) is 6. The number of anilines is 1. The Balaban J connectivity index is 1.46. The molecule has 0 aliphatic heterocycles. The zero-order valence-corrected chi connectivity index (χ0v) is 16.1. The summed E-state index contributed by atoms with van der Waals surface area (Å²) in [6.45, 7) is 4.51. The first kappa shape index (κ1) is 19.0.